The van der Waals surface area contributed by atoms with Crippen LogP contribution >= 0.6 is 0 Å². The smallest absolute Gasteiger partial charge is 0.321 e. The maximum absolute atomic E-state index is 12.2. The molecule has 1 atom stereocenters. The van der Waals surface area contributed by atoms with Crippen molar-refractivity contribution >= 4 is 11.7 Å². The summed E-state index contributed by atoms with van der Waals surface area (Å²) in [5.74, 6) is 0. The normalized spacial score (nSPS) is 18.0. The number of hydrogen-bond donors (Lipinski definition) is 2. The summed E-state index contributed by atoms with van der Waals surface area (Å²) in [6, 6.07) is 18.1. The third kappa shape index (κ3) is 3.46. The second-order valence-corrected chi connectivity index (χ2v) is 5.72. The van der Waals surface area contributed by atoms with E-state index >= 15 is 0 Å². The molecule has 4 heteroatoms. The van der Waals surface area contributed by atoms with Crippen LogP contribution in [0.15, 0.2) is 54.6 Å². The zero-order valence-electron chi connectivity index (χ0n) is 12.5. The number of likely N-dealkylation sites (tertiary alicyclic amines) is 1. The SMILES string of the molecule is N[C@H]1CCCN(C(=O)Nc2ccc(-c3ccccc3)cc2)C1. The van der Waals surface area contributed by atoms with Crippen molar-refractivity contribution in [2.24, 2.45) is 5.73 Å². The molecule has 1 aliphatic heterocycles. The number of hydrogen-bond acceptors (Lipinski definition) is 2. The number of piperidine rings is 1. The van der Waals surface area contributed by atoms with Crippen LogP contribution in [0.25, 0.3) is 11.1 Å². The number of urea groups is 1. The summed E-state index contributed by atoms with van der Waals surface area (Å²) >= 11 is 0. The minimum absolute atomic E-state index is 0.0670. The van der Waals surface area contributed by atoms with Crippen molar-refractivity contribution < 1.29 is 4.79 Å². The Labute approximate surface area is 130 Å². The minimum atomic E-state index is -0.0670. The summed E-state index contributed by atoms with van der Waals surface area (Å²) < 4.78 is 0. The molecule has 1 aliphatic rings. The topological polar surface area (TPSA) is 58.4 Å². The number of benzene rings is 2. The third-order valence-corrected chi connectivity index (χ3v) is 3.99. The molecule has 2 amide bonds. The Kier molecular flexibility index (Phi) is 4.39. The van der Waals surface area contributed by atoms with Crippen LogP contribution in [0.4, 0.5) is 10.5 Å². The van der Waals surface area contributed by atoms with Crippen LogP contribution in [0.3, 0.4) is 0 Å². The molecule has 0 unspecified atom stereocenters. The molecule has 1 saturated heterocycles. The number of rotatable bonds is 2. The first-order chi connectivity index (χ1) is 10.7. The van der Waals surface area contributed by atoms with Gasteiger partial charge in [-0.2, -0.15) is 0 Å². The van der Waals surface area contributed by atoms with Crippen molar-refractivity contribution in [3.05, 3.63) is 54.6 Å². The van der Waals surface area contributed by atoms with Crippen LogP contribution in [0.5, 0.6) is 0 Å². The average molecular weight is 295 g/mol. The van der Waals surface area contributed by atoms with Gasteiger partial charge in [0.1, 0.15) is 0 Å². The number of nitrogens with zero attached hydrogens (tertiary/aromatic N) is 1. The molecule has 22 heavy (non-hydrogen) atoms. The molecule has 3 N–H and O–H groups in total. The first kappa shape index (κ1) is 14.6. The molecule has 2 aromatic rings. The van der Waals surface area contributed by atoms with Gasteiger partial charge in [-0.05, 0) is 36.1 Å². The van der Waals surface area contributed by atoms with E-state index in [1.165, 1.54) is 5.56 Å². The highest BCUT2D eigenvalue weighted by Gasteiger charge is 2.21. The van der Waals surface area contributed by atoms with Gasteiger partial charge in [-0.3, -0.25) is 0 Å². The molecule has 0 saturated carbocycles. The van der Waals surface area contributed by atoms with Crippen LogP contribution < -0.4 is 11.1 Å². The number of anilines is 1. The molecule has 114 valence electrons. The van der Waals surface area contributed by atoms with E-state index < -0.39 is 0 Å². The molecular weight excluding hydrogens is 274 g/mol. The van der Waals surface area contributed by atoms with Gasteiger partial charge in [0.15, 0.2) is 0 Å². The van der Waals surface area contributed by atoms with Gasteiger partial charge in [0.25, 0.3) is 0 Å². The molecule has 4 nitrogen and oxygen atoms in total. The Morgan fingerprint density at radius 3 is 2.41 bits per heavy atom. The minimum Gasteiger partial charge on any atom is -0.326 e. The first-order valence-corrected chi connectivity index (χ1v) is 7.69. The molecule has 0 bridgehead atoms. The maximum atomic E-state index is 12.2. The fraction of sp³-hybridized carbons (Fsp3) is 0.278. The Balaban J connectivity index is 1.65. The highest BCUT2D eigenvalue weighted by molar-refractivity contribution is 5.89. The molecule has 1 heterocycles. The van der Waals surface area contributed by atoms with Gasteiger partial charge in [0.2, 0.25) is 0 Å². The summed E-state index contributed by atoms with van der Waals surface area (Å²) in [5, 5.41) is 2.94. The maximum Gasteiger partial charge on any atom is 0.321 e. The fourth-order valence-electron chi connectivity index (χ4n) is 2.77. The molecule has 0 spiro atoms. The summed E-state index contributed by atoms with van der Waals surface area (Å²) in [7, 11) is 0. The van der Waals surface area contributed by atoms with E-state index in [-0.39, 0.29) is 12.1 Å². The number of carbonyl (C=O) groups is 1. The molecule has 1 fully saturated rings. The van der Waals surface area contributed by atoms with Gasteiger partial charge in [0.05, 0.1) is 0 Å². The summed E-state index contributed by atoms with van der Waals surface area (Å²) in [6.07, 6.45) is 1.97. The monoisotopic (exact) mass is 295 g/mol. The van der Waals surface area contributed by atoms with Gasteiger partial charge in [-0.1, -0.05) is 42.5 Å². The van der Waals surface area contributed by atoms with Gasteiger partial charge < -0.3 is 16.0 Å². The van der Waals surface area contributed by atoms with Gasteiger partial charge in [-0.25, -0.2) is 4.79 Å². The Bertz CT molecular complexity index is 625. The molecule has 3 rings (SSSR count). The molecule has 2 aromatic carbocycles. The number of nitrogens with one attached hydrogen (secondary N) is 1. The number of carbonyl (C=O) groups excluding carboxylic acids is 1. The van der Waals surface area contributed by atoms with Crippen LogP contribution in [0.2, 0.25) is 0 Å². The average Bonchev–Trinajstić information content (AvgIpc) is 2.56. The van der Waals surface area contributed by atoms with Crippen molar-refractivity contribution in [1.82, 2.24) is 4.90 Å². The van der Waals surface area contributed by atoms with E-state index in [0.717, 1.165) is 30.6 Å². The fourth-order valence-corrected chi connectivity index (χ4v) is 2.77. The summed E-state index contributed by atoms with van der Waals surface area (Å²) in [5.41, 5.74) is 9.03. The highest BCUT2D eigenvalue weighted by atomic mass is 16.2. The van der Waals surface area contributed by atoms with Crippen LogP contribution in [-0.4, -0.2) is 30.1 Å². The van der Waals surface area contributed by atoms with E-state index in [4.69, 9.17) is 5.73 Å². The Morgan fingerprint density at radius 1 is 1.05 bits per heavy atom. The highest BCUT2D eigenvalue weighted by Crippen LogP contribution is 2.21. The van der Waals surface area contributed by atoms with E-state index in [1.807, 2.05) is 42.5 Å². The predicted octanol–water partition coefficient (Wildman–Crippen LogP) is 3.31. The molecule has 0 radical (unpaired) electrons. The molecular formula is C18H21N3O. The second kappa shape index (κ2) is 6.62. The third-order valence-electron chi connectivity index (χ3n) is 3.99. The van der Waals surface area contributed by atoms with Crippen molar-refractivity contribution in [3.63, 3.8) is 0 Å². The number of nitrogens with two attached hydrogens (primary N) is 1. The quantitative estimate of drug-likeness (QED) is 0.893. The lowest BCUT2D eigenvalue weighted by atomic mass is 10.1. The summed E-state index contributed by atoms with van der Waals surface area (Å²) in [4.78, 5) is 14.0. The van der Waals surface area contributed by atoms with Crippen molar-refractivity contribution in [2.45, 2.75) is 18.9 Å². The van der Waals surface area contributed by atoms with Crippen LogP contribution in [0.1, 0.15) is 12.8 Å². The van der Waals surface area contributed by atoms with E-state index in [0.29, 0.717) is 6.54 Å². The number of amides is 2. The van der Waals surface area contributed by atoms with E-state index in [2.05, 4.69) is 17.4 Å². The van der Waals surface area contributed by atoms with E-state index in [9.17, 15) is 4.79 Å². The van der Waals surface area contributed by atoms with Crippen molar-refractivity contribution in [1.29, 1.82) is 0 Å². The first-order valence-electron chi connectivity index (χ1n) is 7.69. The lowest BCUT2D eigenvalue weighted by molar-refractivity contribution is 0.193. The largest absolute Gasteiger partial charge is 0.326 e. The van der Waals surface area contributed by atoms with Crippen molar-refractivity contribution in [2.75, 3.05) is 18.4 Å². The zero-order chi connectivity index (χ0) is 15.4. The predicted molar refractivity (Wildman–Crippen MR) is 89.7 cm³/mol. The standard InChI is InChI=1S/C18H21N3O/c19-16-7-4-12-21(13-16)18(22)20-17-10-8-15(9-11-17)14-5-2-1-3-6-14/h1-3,5-6,8-11,16H,4,7,12-13,19H2,(H,20,22)/t16-/m0/s1. The molecule has 0 aliphatic carbocycles. The van der Waals surface area contributed by atoms with Gasteiger partial charge >= 0.3 is 6.03 Å². The van der Waals surface area contributed by atoms with Gasteiger partial charge in [0, 0.05) is 24.8 Å². The van der Waals surface area contributed by atoms with E-state index in [1.54, 1.807) is 4.90 Å². The van der Waals surface area contributed by atoms with Crippen molar-refractivity contribution in [3.8, 4) is 11.1 Å². The lowest BCUT2D eigenvalue weighted by Crippen LogP contribution is -2.47. The Hall–Kier alpha value is -2.33. The summed E-state index contributed by atoms with van der Waals surface area (Å²) in [6.45, 7) is 1.41. The van der Waals surface area contributed by atoms with Gasteiger partial charge in [-0.15, -0.1) is 0 Å². The van der Waals surface area contributed by atoms with Crippen LogP contribution in [0, 0.1) is 0 Å². The molecule has 0 aromatic heterocycles. The second-order valence-electron chi connectivity index (χ2n) is 5.72. The lowest BCUT2D eigenvalue weighted by Gasteiger charge is -2.30. The van der Waals surface area contributed by atoms with Crippen LogP contribution in [-0.2, 0) is 0 Å². The Morgan fingerprint density at radius 2 is 1.73 bits per heavy atom. The zero-order valence-corrected chi connectivity index (χ0v) is 12.5.